The number of nitrogens with zero attached hydrogens (tertiary/aromatic N) is 2. The number of hydrogen-bond acceptors (Lipinski definition) is 4. The molecule has 0 unspecified atom stereocenters. The number of aromatic nitrogens is 2. The number of anilines is 1. The molecule has 4 heteroatoms. The lowest BCUT2D eigenvalue weighted by molar-refractivity contribution is 0.200. The Morgan fingerprint density at radius 2 is 2.07 bits per heavy atom. The molecule has 78 valence electrons. The number of nitrogen functional groups attached to an aromatic ring is 1. The molecule has 0 saturated carbocycles. The predicted molar refractivity (Wildman–Crippen MR) is 56.1 cm³/mol. The van der Waals surface area contributed by atoms with E-state index in [0.29, 0.717) is 18.8 Å². The first kappa shape index (κ1) is 10.9. The summed E-state index contributed by atoms with van der Waals surface area (Å²) in [6.07, 6.45) is 1.60. The number of nitrogens with two attached hydrogens (primary N) is 1. The molecule has 0 spiro atoms. The van der Waals surface area contributed by atoms with Crippen molar-refractivity contribution < 1.29 is 4.74 Å². The predicted octanol–water partition coefficient (Wildman–Crippen LogP) is 1.12. The Kier molecular flexibility index (Phi) is 3.83. The molecule has 0 aliphatic heterocycles. The highest BCUT2D eigenvalue weighted by atomic mass is 16.5. The van der Waals surface area contributed by atoms with Gasteiger partial charge < -0.3 is 10.5 Å². The standard InChI is InChI=1S/C10H17N3O/c1-4-8-7(2)10(11)13-9(12-8)5-6-14-3/h4-6H2,1-3H3,(H2,11,12,13). The minimum Gasteiger partial charge on any atom is -0.384 e. The zero-order valence-electron chi connectivity index (χ0n) is 9.00. The van der Waals surface area contributed by atoms with E-state index >= 15 is 0 Å². The molecule has 0 fully saturated rings. The third-order valence-electron chi connectivity index (χ3n) is 2.20. The van der Waals surface area contributed by atoms with Crippen LogP contribution in [0.2, 0.25) is 0 Å². The van der Waals surface area contributed by atoms with Gasteiger partial charge in [-0.15, -0.1) is 0 Å². The minimum atomic E-state index is 0.586. The molecule has 1 aromatic rings. The highest BCUT2D eigenvalue weighted by Crippen LogP contribution is 2.12. The van der Waals surface area contributed by atoms with Gasteiger partial charge in [-0.2, -0.15) is 0 Å². The summed E-state index contributed by atoms with van der Waals surface area (Å²) in [5.41, 5.74) is 7.80. The molecule has 4 nitrogen and oxygen atoms in total. The average molecular weight is 195 g/mol. The van der Waals surface area contributed by atoms with Gasteiger partial charge in [0.05, 0.1) is 6.61 Å². The molecule has 0 radical (unpaired) electrons. The van der Waals surface area contributed by atoms with Crippen molar-refractivity contribution >= 4 is 5.82 Å². The second-order valence-electron chi connectivity index (χ2n) is 3.19. The molecule has 0 saturated heterocycles. The molecule has 0 aliphatic rings. The first-order valence-electron chi connectivity index (χ1n) is 4.79. The quantitative estimate of drug-likeness (QED) is 0.782. The Morgan fingerprint density at radius 3 is 2.64 bits per heavy atom. The van der Waals surface area contributed by atoms with Gasteiger partial charge in [-0.25, -0.2) is 9.97 Å². The monoisotopic (exact) mass is 195 g/mol. The summed E-state index contributed by atoms with van der Waals surface area (Å²) in [6.45, 7) is 4.65. The second kappa shape index (κ2) is 4.91. The third kappa shape index (κ3) is 2.42. The fourth-order valence-corrected chi connectivity index (χ4v) is 1.28. The van der Waals surface area contributed by atoms with E-state index in [9.17, 15) is 0 Å². The molecule has 0 aromatic carbocycles. The van der Waals surface area contributed by atoms with Gasteiger partial charge in [0.2, 0.25) is 0 Å². The zero-order chi connectivity index (χ0) is 10.6. The van der Waals surface area contributed by atoms with Gasteiger partial charge in [-0.1, -0.05) is 6.92 Å². The van der Waals surface area contributed by atoms with Crippen LogP contribution in [0.25, 0.3) is 0 Å². The largest absolute Gasteiger partial charge is 0.384 e. The van der Waals surface area contributed by atoms with Crippen molar-refractivity contribution in [3.05, 3.63) is 17.1 Å². The smallest absolute Gasteiger partial charge is 0.133 e. The number of hydrogen-bond donors (Lipinski definition) is 1. The average Bonchev–Trinajstić information content (AvgIpc) is 2.19. The van der Waals surface area contributed by atoms with Crippen LogP contribution < -0.4 is 5.73 Å². The number of methoxy groups -OCH3 is 1. The van der Waals surface area contributed by atoms with Gasteiger partial charge in [0.15, 0.2) is 0 Å². The normalized spacial score (nSPS) is 10.5. The molecule has 0 atom stereocenters. The summed E-state index contributed by atoms with van der Waals surface area (Å²) in [6, 6.07) is 0. The van der Waals surface area contributed by atoms with Gasteiger partial charge in [0.1, 0.15) is 11.6 Å². The van der Waals surface area contributed by atoms with Gasteiger partial charge >= 0.3 is 0 Å². The fourth-order valence-electron chi connectivity index (χ4n) is 1.28. The van der Waals surface area contributed by atoms with E-state index in [1.807, 2.05) is 6.92 Å². The van der Waals surface area contributed by atoms with Crippen LogP contribution >= 0.6 is 0 Å². The molecular formula is C10H17N3O. The Labute approximate surface area is 84.5 Å². The fraction of sp³-hybridized carbons (Fsp3) is 0.600. The molecule has 0 aliphatic carbocycles. The summed E-state index contributed by atoms with van der Waals surface area (Å²) in [5.74, 6) is 1.36. The Balaban J connectivity index is 2.91. The van der Waals surface area contributed by atoms with Crippen LogP contribution in [0.5, 0.6) is 0 Å². The van der Waals surface area contributed by atoms with Crippen molar-refractivity contribution in [3.63, 3.8) is 0 Å². The van der Waals surface area contributed by atoms with E-state index < -0.39 is 0 Å². The summed E-state index contributed by atoms with van der Waals surface area (Å²) in [7, 11) is 1.66. The summed E-state index contributed by atoms with van der Waals surface area (Å²) in [4.78, 5) is 8.62. The summed E-state index contributed by atoms with van der Waals surface area (Å²) < 4.78 is 4.97. The van der Waals surface area contributed by atoms with Crippen LogP contribution in [-0.2, 0) is 17.6 Å². The molecular weight excluding hydrogens is 178 g/mol. The van der Waals surface area contributed by atoms with Crippen LogP contribution in [0.3, 0.4) is 0 Å². The van der Waals surface area contributed by atoms with Crippen LogP contribution in [0, 0.1) is 6.92 Å². The van der Waals surface area contributed by atoms with Gasteiger partial charge in [-0.3, -0.25) is 0 Å². The lowest BCUT2D eigenvalue weighted by atomic mass is 10.2. The van der Waals surface area contributed by atoms with E-state index in [1.165, 1.54) is 0 Å². The Morgan fingerprint density at radius 1 is 1.36 bits per heavy atom. The van der Waals surface area contributed by atoms with Gasteiger partial charge in [0, 0.05) is 24.8 Å². The molecule has 0 amide bonds. The Hall–Kier alpha value is -1.16. The van der Waals surface area contributed by atoms with Crippen LogP contribution in [0.4, 0.5) is 5.82 Å². The molecule has 1 heterocycles. The first-order valence-corrected chi connectivity index (χ1v) is 4.79. The lowest BCUT2D eigenvalue weighted by Crippen LogP contribution is -2.08. The highest BCUT2D eigenvalue weighted by Gasteiger charge is 2.06. The van der Waals surface area contributed by atoms with Crippen LogP contribution in [-0.4, -0.2) is 23.7 Å². The van der Waals surface area contributed by atoms with Crippen LogP contribution in [0.15, 0.2) is 0 Å². The molecule has 1 aromatic heterocycles. The second-order valence-corrected chi connectivity index (χ2v) is 3.19. The van der Waals surface area contributed by atoms with Gasteiger partial charge in [-0.05, 0) is 13.3 Å². The SMILES string of the molecule is CCc1nc(CCOC)nc(N)c1C. The number of rotatable bonds is 4. The first-order chi connectivity index (χ1) is 6.69. The Bertz CT molecular complexity index is 312. The van der Waals surface area contributed by atoms with E-state index in [2.05, 4.69) is 16.9 Å². The summed E-state index contributed by atoms with van der Waals surface area (Å²) in [5, 5.41) is 0. The van der Waals surface area contributed by atoms with Crippen molar-refractivity contribution in [1.29, 1.82) is 0 Å². The maximum atomic E-state index is 5.78. The van der Waals surface area contributed by atoms with Crippen molar-refractivity contribution in [2.24, 2.45) is 0 Å². The van der Waals surface area contributed by atoms with E-state index in [-0.39, 0.29) is 0 Å². The maximum Gasteiger partial charge on any atom is 0.133 e. The maximum absolute atomic E-state index is 5.78. The van der Waals surface area contributed by atoms with Crippen molar-refractivity contribution in [1.82, 2.24) is 9.97 Å². The molecule has 1 rings (SSSR count). The lowest BCUT2D eigenvalue weighted by Gasteiger charge is -2.07. The highest BCUT2D eigenvalue weighted by molar-refractivity contribution is 5.41. The van der Waals surface area contributed by atoms with E-state index in [4.69, 9.17) is 10.5 Å². The van der Waals surface area contributed by atoms with E-state index in [0.717, 1.165) is 23.5 Å². The van der Waals surface area contributed by atoms with Gasteiger partial charge in [0.25, 0.3) is 0 Å². The summed E-state index contributed by atoms with van der Waals surface area (Å²) >= 11 is 0. The van der Waals surface area contributed by atoms with Crippen molar-refractivity contribution in [3.8, 4) is 0 Å². The topological polar surface area (TPSA) is 61.0 Å². The van der Waals surface area contributed by atoms with Crippen LogP contribution in [0.1, 0.15) is 24.0 Å². The zero-order valence-corrected chi connectivity index (χ0v) is 9.00. The molecule has 2 N–H and O–H groups in total. The number of ether oxygens (including phenoxy) is 1. The molecule has 0 bridgehead atoms. The van der Waals surface area contributed by atoms with Crippen molar-refractivity contribution in [2.75, 3.05) is 19.5 Å². The van der Waals surface area contributed by atoms with E-state index in [1.54, 1.807) is 7.11 Å². The minimum absolute atomic E-state index is 0.586. The third-order valence-corrected chi connectivity index (χ3v) is 2.20. The molecule has 14 heavy (non-hydrogen) atoms. The number of aryl methyl sites for hydroxylation is 1. The van der Waals surface area contributed by atoms with Crippen molar-refractivity contribution in [2.45, 2.75) is 26.7 Å².